The standard InChI is InChI=1S/C16H11F6N3OS2/c1-2-27-11-6-9(15(17,18)19)7-23-13(11)10-5-8-3-4-12(25-14(8)24-10)28(26)16(20,21)22/h3-7H,2H2,1H3,(H,24,25). The lowest BCUT2D eigenvalue weighted by atomic mass is 10.2. The van der Waals surface area contributed by atoms with Gasteiger partial charge in [-0.2, -0.15) is 26.3 Å². The van der Waals surface area contributed by atoms with E-state index in [4.69, 9.17) is 0 Å². The molecule has 3 aromatic rings. The van der Waals surface area contributed by atoms with E-state index in [1.165, 1.54) is 12.1 Å². The molecule has 0 aliphatic carbocycles. The fourth-order valence-electron chi connectivity index (χ4n) is 2.40. The Morgan fingerprint density at radius 3 is 2.46 bits per heavy atom. The number of thioether (sulfide) groups is 1. The number of pyridine rings is 2. The molecular formula is C16H11F6N3OS2. The minimum absolute atomic E-state index is 0.0271. The van der Waals surface area contributed by atoms with Gasteiger partial charge in [-0.05, 0) is 30.0 Å². The minimum atomic E-state index is -4.95. The van der Waals surface area contributed by atoms with Crippen molar-refractivity contribution in [3.8, 4) is 11.4 Å². The SMILES string of the molecule is CCSc1cc(C(F)(F)F)cnc1-c1cc2ccc(S(=O)C(F)(F)F)nc2[nH]1. The number of nitrogens with one attached hydrogen (secondary N) is 1. The molecule has 150 valence electrons. The number of nitrogens with zero attached hydrogens (tertiary/aromatic N) is 2. The highest BCUT2D eigenvalue weighted by Gasteiger charge is 2.39. The molecule has 3 aromatic heterocycles. The van der Waals surface area contributed by atoms with Gasteiger partial charge in [0.05, 0.1) is 11.3 Å². The summed E-state index contributed by atoms with van der Waals surface area (Å²) in [6.07, 6.45) is -3.86. The van der Waals surface area contributed by atoms with Crippen molar-refractivity contribution in [2.75, 3.05) is 5.75 Å². The molecule has 0 aliphatic rings. The number of halogens is 6. The fraction of sp³-hybridized carbons (Fsp3) is 0.250. The predicted molar refractivity (Wildman–Crippen MR) is 93.2 cm³/mol. The number of aromatic amines is 1. The lowest BCUT2D eigenvalue weighted by molar-refractivity contribution is -0.138. The van der Waals surface area contributed by atoms with Gasteiger partial charge >= 0.3 is 11.7 Å². The number of alkyl halides is 6. The molecule has 0 spiro atoms. The van der Waals surface area contributed by atoms with Crippen molar-refractivity contribution in [3.63, 3.8) is 0 Å². The molecule has 0 saturated heterocycles. The van der Waals surface area contributed by atoms with Crippen LogP contribution in [0.25, 0.3) is 22.4 Å². The van der Waals surface area contributed by atoms with Crippen molar-refractivity contribution >= 4 is 33.6 Å². The predicted octanol–water partition coefficient (Wildman–Crippen LogP) is 5.38. The van der Waals surface area contributed by atoms with Gasteiger partial charge in [0.2, 0.25) is 0 Å². The number of hydrogen-bond donors (Lipinski definition) is 1. The summed E-state index contributed by atoms with van der Waals surface area (Å²) in [5, 5.41) is -0.260. The molecule has 4 nitrogen and oxygen atoms in total. The molecule has 0 saturated carbocycles. The van der Waals surface area contributed by atoms with E-state index in [-0.39, 0.29) is 16.2 Å². The van der Waals surface area contributed by atoms with Crippen LogP contribution in [0.5, 0.6) is 0 Å². The first-order chi connectivity index (χ1) is 13.0. The summed E-state index contributed by atoms with van der Waals surface area (Å²) < 4.78 is 88.1. The van der Waals surface area contributed by atoms with Crippen molar-refractivity contribution in [2.24, 2.45) is 0 Å². The second-order valence-corrected chi connectivity index (χ2v) is 8.21. The third-order valence-electron chi connectivity index (χ3n) is 3.59. The summed E-state index contributed by atoms with van der Waals surface area (Å²) in [5.74, 6) is 0.489. The van der Waals surface area contributed by atoms with Crippen LogP contribution in [0.4, 0.5) is 26.3 Å². The van der Waals surface area contributed by atoms with Gasteiger partial charge in [0.1, 0.15) is 16.4 Å². The monoisotopic (exact) mass is 439 g/mol. The summed E-state index contributed by atoms with van der Waals surface area (Å²) in [4.78, 5) is 10.6. The molecule has 0 aliphatic heterocycles. The zero-order valence-electron chi connectivity index (χ0n) is 14.0. The Labute approximate surface area is 161 Å². The lowest BCUT2D eigenvalue weighted by Crippen LogP contribution is -2.17. The van der Waals surface area contributed by atoms with Crippen LogP contribution in [0.1, 0.15) is 12.5 Å². The molecule has 1 unspecified atom stereocenters. The van der Waals surface area contributed by atoms with Crippen molar-refractivity contribution < 1.29 is 30.6 Å². The van der Waals surface area contributed by atoms with Gasteiger partial charge in [0.15, 0.2) is 10.8 Å². The van der Waals surface area contributed by atoms with E-state index in [2.05, 4.69) is 15.0 Å². The zero-order chi connectivity index (χ0) is 20.7. The Kier molecular flexibility index (Phi) is 5.45. The highest BCUT2D eigenvalue weighted by molar-refractivity contribution is 7.99. The molecule has 0 amide bonds. The van der Waals surface area contributed by atoms with Crippen LogP contribution in [0.2, 0.25) is 0 Å². The smallest absolute Gasteiger partial charge is 0.338 e. The van der Waals surface area contributed by atoms with Crippen LogP contribution in [0.15, 0.2) is 40.4 Å². The van der Waals surface area contributed by atoms with Crippen LogP contribution in [-0.2, 0) is 17.0 Å². The van der Waals surface area contributed by atoms with Crippen molar-refractivity contribution in [1.82, 2.24) is 15.0 Å². The van der Waals surface area contributed by atoms with Crippen LogP contribution >= 0.6 is 11.8 Å². The van der Waals surface area contributed by atoms with Crippen LogP contribution in [-0.4, -0.2) is 30.4 Å². The van der Waals surface area contributed by atoms with Gasteiger partial charge < -0.3 is 4.98 Å². The molecule has 0 aromatic carbocycles. The van der Waals surface area contributed by atoms with E-state index in [9.17, 15) is 30.6 Å². The Balaban J connectivity index is 2.07. The molecule has 3 rings (SSSR count). The van der Waals surface area contributed by atoms with E-state index >= 15 is 0 Å². The number of hydrogen-bond acceptors (Lipinski definition) is 4. The van der Waals surface area contributed by atoms with E-state index in [0.717, 1.165) is 23.9 Å². The molecule has 1 atom stereocenters. The number of fused-ring (bicyclic) bond motifs is 1. The maximum atomic E-state index is 12.9. The number of rotatable bonds is 4. The first kappa shape index (κ1) is 20.6. The van der Waals surface area contributed by atoms with Gasteiger partial charge in [-0.25, -0.2) is 9.19 Å². The van der Waals surface area contributed by atoms with Crippen molar-refractivity contribution in [1.29, 1.82) is 0 Å². The Hall–Kier alpha value is -2.08. The highest BCUT2D eigenvalue weighted by Crippen LogP contribution is 2.36. The maximum Gasteiger partial charge on any atom is 0.477 e. The molecule has 12 heteroatoms. The topological polar surface area (TPSA) is 58.6 Å². The molecule has 28 heavy (non-hydrogen) atoms. The molecule has 3 heterocycles. The Bertz CT molecular complexity index is 1050. The Morgan fingerprint density at radius 1 is 1.14 bits per heavy atom. The summed E-state index contributed by atoms with van der Waals surface area (Å²) in [7, 11) is -3.29. The van der Waals surface area contributed by atoms with Gasteiger partial charge in [-0.3, -0.25) is 4.98 Å². The average Bonchev–Trinajstić information content (AvgIpc) is 3.02. The van der Waals surface area contributed by atoms with Crippen LogP contribution < -0.4 is 0 Å². The van der Waals surface area contributed by atoms with Gasteiger partial charge in [-0.15, -0.1) is 11.8 Å². The first-order valence-corrected chi connectivity index (χ1v) is 9.83. The Morgan fingerprint density at radius 2 is 1.86 bits per heavy atom. The molecular weight excluding hydrogens is 428 g/mol. The maximum absolute atomic E-state index is 12.9. The zero-order valence-corrected chi connectivity index (χ0v) is 15.6. The van der Waals surface area contributed by atoms with Gasteiger partial charge in [0.25, 0.3) is 0 Å². The van der Waals surface area contributed by atoms with Crippen molar-refractivity contribution in [3.05, 3.63) is 36.0 Å². The highest BCUT2D eigenvalue weighted by atomic mass is 32.2. The largest absolute Gasteiger partial charge is 0.477 e. The molecule has 1 N–H and O–H groups in total. The van der Waals surface area contributed by atoms with Crippen molar-refractivity contribution in [2.45, 2.75) is 28.5 Å². The number of aromatic nitrogens is 3. The van der Waals surface area contributed by atoms with E-state index in [1.807, 2.05) is 0 Å². The normalized spacial score (nSPS) is 13.8. The summed E-state index contributed by atoms with van der Waals surface area (Å²) >= 11 is 1.15. The third-order valence-corrected chi connectivity index (χ3v) is 5.53. The second kappa shape index (κ2) is 7.39. The summed E-state index contributed by atoms with van der Waals surface area (Å²) in [6.45, 7) is 1.76. The molecule has 0 radical (unpaired) electrons. The first-order valence-electron chi connectivity index (χ1n) is 7.69. The van der Waals surface area contributed by atoms with Gasteiger partial charge in [-0.1, -0.05) is 6.92 Å². The fourth-order valence-corrected chi connectivity index (χ4v) is 3.83. The minimum Gasteiger partial charge on any atom is -0.338 e. The van der Waals surface area contributed by atoms with Gasteiger partial charge in [0, 0.05) is 16.5 Å². The quantitative estimate of drug-likeness (QED) is 0.438. The van der Waals surface area contributed by atoms with E-state index < -0.39 is 33.1 Å². The van der Waals surface area contributed by atoms with Crippen LogP contribution in [0, 0.1) is 0 Å². The number of H-pyrrole nitrogens is 1. The van der Waals surface area contributed by atoms with Crippen LogP contribution in [0.3, 0.4) is 0 Å². The second-order valence-electron chi connectivity index (χ2n) is 5.49. The summed E-state index contributed by atoms with van der Waals surface area (Å²) in [6, 6.07) is 4.78. The molecule has 0 fully saturated rings. The van der Waals surface area contributed by atoms with E-state index in [1.54, 1.807) is 6.92 Å². The van der Waals surface area contributed by atoms with E-state index in [0.29, 0.717) is 23.0 Å². The lowest BCUT2D eigenvalue weighted by Gasteiger charge is -2.11. The third kappa shape index (κ3) is 4.17. The molecule has 0 bridgehead atoms. The summed E-state index contributed by atoms with van der Waals surface area (Å²) in [5.41, 5.74) is -5.31. The average molecular weight is 439 g/mol.